The number of halogens is 1. The van der Waals surface area contributed by atoms with Gasteiger partial charge in [-0.15, -0.1) is 0 Å². The van der Waals surface area contributed by atoms with Crippen LogP contribution in [0.4, 0.5) is 0 Å². The van der Waals surface area contributed by atoms with Crippen LogP contribution in [0.3, 0.4) is 0 Å². The Hall–Kier alpha value is -2.71. The molecule has 9 atom stereocenters. The molecule has 1 aromatic rings. The lowest BCUT2D eigenvalue weighted by Crippen LogP contribution is -2.66. The van der Waals surface area contributed by atoms with Crippen molar-refractivity contribution in [3.05, 3.63) is 46.0 Å². The van der Waals surface area contributed by atoms with Crippen LogP contribution in [-0.4, -0.2) is 47.6 Å². The van der Waals surface area contributed by atoms with Gasteiger partial charge < -0.3 is 19.9 Å². The van der Waals surface area contributed by atoms with E-state index in [1.54, 1.807) is 13.8 Å². The normalized spacial score (nSPS) is 36.0. The minimum Gasteiger partial charge on any atom is -0.481 e. The van der Waals surface area contributed by atoms with Crippen LogP contribution in [0.25, 0.3) is 0 Å². The summed E-state index contributed by atoms with van der Waals surface area (Å²) in [6.45, 7) is 22.1. The molecule has 9 heteroatoms. The first-order valence-electron chi connectivity index (χ1n) is 20.9. The molecule has 4 saturated carbocycles. The SMILES string of the molecule is CC(=O)O[C@@H](CNCc1cccc(Cl)c1)[C@@]12CC[C@]3(C)[C@H](CC[C@@H]4[C@@]5(C)CC[C@H](OC(=O)CC(C)(C)C(=O)O)C(C)(C)C5CC[C@]43C)C1=C(C(C)C)C(=O)C2. The summed E-state index contributed by atoms with van der Waals surface area (Å²) in [5.41, 5.74) is 1.31. The largest absolute Gasteiger partial charge is 0.481 e. The van der Waals surface area contributed by atoms with Crippen LogP contribution in [0.5, 0.6) is 0 Å². The van der Waals surface area contributed by atoms with Crippen molar-refractivity contribution in [3.63, 3.8) is 0 Å². The van der Waals surface area contributed by atoms with Gasteiger partial charge in [0.15, 0.2) is 5.78 Å². The quantitative estimate of drug-likeness (QED) is 0.213. The molecule has 0 spiro atoms. The third-order valence-electron chi connectivity index (χ3n) is 16.3. The van der Waals surface area contributed by atoms with Gasteiger partial charge in [0.25, 0.3) is 0 Å². The van der Waals surface area contributed by atoms with Crippen LogP contribution < -0.4 is 5.32 Å². The van der Waals surface area contributed by atoms with Gasteiger partial charge in [-0.1, -0.05) is 72.2 Å². The van der Waals surface area contributed by atoms with Crippen molar-refractivity contribution < 1.29 is 33.8 Å². The number of rotatable bonds is 11. The molecule has 0 bridgehead atoms. The third kappa shape index (κ3) is 6.91. The summed E-state index contributed by atoms with van der Waals surface area (Å²) in [6.07, 6.45) is 7.12. The molecule has 2 N–H and O–H groups in total. The maximum atomic E-state index is 14.3. The monoisotopic (exact) mass is 779 g/mol. The number of Topliss-reactive ketones (excluding diaryl/α,β-unsaturated/α-hetero) is 1. The van der Waals surface area contributed by atoms with E-state index in [0.717, 1.165) is 62.5 Å². The molecule has 0 heterocycles. The molecule has 8 nitrogen and oxygen atoms in total. The van der Waals surface area contributed by atoms with Gasteiger partial charge in [-0.05, 0) is 134 Å². The highest BCUT2D eigenvalue weighted by Gasteiger charge is 2.71. The molecule has 6 rings (SSSR count). The standard InChI is InChI=1S/C46H66ClNO7/c1-27(2)38-32(50)23-46(36(54-28(3)49)26-48-25-29-12-11-13-30(47)22-29)21-20-44(9)31(39(38)46)14-15-34-43(8)18-17-35(55-37(51)24-41(4,5)40(52)53)42(6,7)33(43)16-19-45(34,44)10/h11-13,22,27,31,33-36,48H,14-21,23-26H2,1-10H3,(H,52,53)/t31-,33?,34-,35+,36+,43+,44-,45-,46+/m1/s1. The van der Waals surface area contributed by atoms with E-state index in [1.165, 1.54) is 12.5 Å². The summed E-state index contributed by atoms with van der Waals surface area (Å²) in [6, 6.07) is 7.77. The van der Waals surface area contributed by atoms with Crippen LogP contribution in [0.1, 0.15) is 139 Å². The summed E-state index contributed by atoms with van der Waals surface area (Å²) in [4.78, 5) is 52.0. The molecule has 0 aliphatic heterocycles. The first kappa shape index (κ1) is 41.9. The zero-order valence-electron chi connectivity index (χ0n) is 35.0. The predicted octanol–water partition coefficient (Wildman–Crippen LogP) is 9.75. The van der Waals surface area contributed by atoms with Crippen molar-refractivity contribution >= 4 is 35.3 Å². The van der Waals surface area contributed by atoms with Crippen LogP contribution in [-0.2, 0) is 35.2 Å². The summed E-state index contributed by atoms with van der Waals surface area (Å²) >= 11 is 6.29. The summed E-state index contributed by atoms with van der Waals surface area (Å²) in [5, 5.41) is 13.9. The lowest BCUT2D eigenvalue weighted by atomic mass is 9.33. The number of fused-ring (bicyclic) bond motifs is 7. The molecule has 1 aromatic carbocycles. The molecule has 0 radical (unpaired) electrons. The van der Waals surface area contributed by atoms with Gasteiger partial charge in [0.05, 0.1) is 11.8 Å². The van der Waals surface area contributed by atoms with Crippen LogP contribution in [0, 0.1) is 56.2 Å². The number of esters is 2. The molecule has 55 heavy (non-hydrogen) atoms. The summed E-state index contributed by atoms with van der Waals surface area (Å²) in [5.74, 6) is -0.454. The Balaban J connectivity index is 1.30. The van der Waals surface area contributed by atoms with Crippen molar-refractivity contribution in [3.8, 4) is 0 Å². The minimum absolute atomic E-state index is 0.0148. The van der Waals surface area contributed by atoms with Crippen molar-refractivity contribution in [2.45, 2.75) is 152 Å². The van der Waals surface area contributed by atoms with Crippen LogP contribution >= 0.6 is 11.6 Å². The van der Waals surface area contributed by atoms with Crippen molar-refractivity contribution in [2.75, 3.05) is 6.54 Å². The van der Waals surface area contributed by atoms with E-state index >= 15 is 0 Å². The fraction of sp³-hybridized carbons (Fsp3) is 0.739. The van der Waals surface area contributed by atoms with Gasteiger partial charge in [-0.2, -0.15) is 0 Å². The highest BCUT2D eigenvalue weighted by atomic mass is 35.5. The molecule has 304 valence electrons. The van der Waals surface area contributed by atoms with Gasteiger partial charge in [0.1, 0.15) is 12.2 Å². The first-order valence-corrected chi connectivity index (χ1v) is 21.2. The average molecular weight is 780 g/mol. The molecule has 5 aliphatic rings. The fourth-order valence-electron chi connectivity index (χ4n) is 13.4. The smallest absolute Gasteiger partial charge is 0.309 e. The van der Waals surface area contributed by atoms with E-state index < -0.39 is 28.9 Å². The first-order chi connectivity index (χ1) is 25.5. The summed E-state index contributed by atoms with van der Waals surface area (Å²) < 4.78 is 12.5. The number of carbonyl (C=O) groups is 4. The number of carboxylic acid groups (broad SMARTS) is 1. The molecule has 0 saturated heterocycles. The second-order valence-corrected chi connectivity index (χ2v) is 20.9. The fourth-order valence-corrected chi connectivity index (χ4v) is 13.7. The maximum Gasteiger partial charge on any atom is 0.309 e. The second-order valence-electron chi connectivity index (χ2n) is 20.4. The van der Waals surface area contributed by atoms with E-state index in [0.29, 0.717) is 36.4 Å². The number of hydrogen-bond donors (Lipinski definition) is 2. The average Bonchev–Trinajstić information content (AvgIpc) is 3.38. The molecule has 4 fully saturated rings. The predicted molar refractivity (Wildman–Crippen MR) is 214 cm³/mol. The van der Waals surface area contributed by atoms with E-state index in [9.17, 15) is 24.3 Å². The summed E-state index contributed by atoms with van der Waals surface area (Å²) in [7, 11) is 0. The number of nitrogens with one attached hydrogen (secondary N) is 1. The van der Waals surface area contributed by atoms with E-state index in [1.807, 2.05) is 24.3 Å². The number of ether oxygens (including phenoxy) is 2. The van der Waals surface area contributed by atoms with Gasteiger partial charge in [0.2, 0.25) is 0 Å². The topological polar surface area (TPSA) is 119 Å². The van der Waals surface area contributed by atoms with Crippen LogP contribution in [0.15, 0.2) is 35.4 Å². The van der Waals surface area contributed by atoms with Crippen molar-refractivity contribution in [1.82, 2.24) is 5.32 Å². The highest BCUT2D eigenvalue weighted by molar-refractivity contribution is 6.30. The number of benzene rings is 1. The number of carboxylic acids is 1. The van der Waals surface area contributed by atoms with Gasteiger partial charge in [-0.3, -0.25) is 19.2 Å². The number of aliphatic carboxylic acids is 1. The number of carbonyl (C=O) groups excluding carboxylic acids is 3. The second kappa shape index (κ2) is 14.6. The molecular weight excluding hydrogens is 714 g/mol. The van der Waals surface area contributed by atoms with E-state index in [-0.39, 0.29) is 57.8 Å². The Bertz CT molecular complexity index is 1750. The van der Waals surface area contributed by atoms with Gasteiger partial charge >= 0.3 is 17.9 Å². The lowest BCUT2D eigenvalue weighted by molar-refractivity contribution is -0.235. The van der Waals surface area contributed by atoms with E-state index in [4.69, 9.17) is 21.1 Å². The Labute approximate surface area is 334 Å². The van der Waals surface area contributed by atoms with Gasteiger partial charge in [-0.25, -0.2) is 0 Å². The Morgan fingerprint density at radius 2 is 1.67 bits per heavy atom. The van der Waals surface area contributed by atoms with E-state index in [2.05, 4.69) is 53.8 Å². The third-order valence-corrected chi connectivity index (χ3v) is 16.6. The Morgan fingerprint density at radius 3 is 2.31 bits per heavy atom. The number of allylic oxidation sites excluding steroid dienone is 1. The Kier molecular flexibility index (Phi) is 11.1. The molecule has 0 aromatic heterocycles. The number of ketones is 1. The maximum absolute atomic E-state index is 14.3. The zero-order valence-corrected chi connectivity index (χ0v) is 35.8. The molecule has 0 amide bonds. The van der Waals surface area contributed by atoms with Crippen molar-refractivity contribution in [2.24, 2.45) is 56.2 Å². The Morgan fingerprint density at radius 1 is 0.964 bits per heavy atom. The minimum atomic E-state index is -1.18. The molecule has 5 aliphatic carbocycles. The van der Waals surface area contributed by atoms with Crippen molar-refractivity contribution in [1.29, 1.82) is 0 Å². The molecular formula is C46H66ClNO7. The molecule has 1 unspecified atom stereocenters. The van der Waals surface area contributed by atoms with Gasteiger partial charge in [0, 0.05) is 42.3 Å². The lowest BCUT2D eigenvalue weighted by Gasteiger charge is -2.72. The number of hydrogen-bond acceptors (Lipinski definition) is 7. The van der Waals surface area contributed by atoms with Crippen LogP contribution in [0.2, 0.25) is 5.02 Å². The highest BCUT2D eigenvalue weighted by Crippen LogP contribution is 2.77. The zero-order chi connectivity index (χ0) is 40.5.